The highest BCUT2D eigenvalue weighted by atomic mass is 127. The highest BCUT2D eigenvalue weighted by molar-refractivity contribution is 14.1. The molecule has 0 saturated heterocycles. The molecular formula is C9H8FI. The maximum Gasteiger partial charge on any atom is 0.123 e. The number of fused-ring (bicyclic) bond motifs is 1. The van der Waals surface area contributed by atoms with Gasteiger partial charge in [0, 0.05) is 3.92 Å². The zero-order chi connectivity index (χ0) is 7.84. The van der Waals surface area contributed by atoms with Gasteiger partial charge in [-0.25, -0.2) is 4.39 Å². The number of hydrogen-bond donors (Lipinski definition) is 0. The monoisotopic (exact) mass is 262 g/mol. The van der Waals surface area contributed by atoms with Gasteiger partial charge in [0.2, 0.25) is 0 Å². The van der Waals surface area contributed by atoms with Gasteiger partial charge in [0.1, 0.15) is 5.82 Å². The van der Waals surface area contributed by atoms with Crippen molar-refractivity contribution in [2.45, 2.75) is 16.8 Å². The fourth-order valence-corrected chi connectivity index (χ4v) is 2.41. The van der Waals surface area contributed by atoms with Crippen LogP contribution in [0.4, 0.5) is 4.39 Å². The molecule has 58 valence electrons. The third-order valence-corrected chi connectivity index (χ3v) is 3.41. The summed E-state index contributed by atoms with van der Waals surface area (Å²) < 4.78 is 13.3. The number of halogens is 2. The van der Waals surface area contributed by atoms with Crippen LogP contribution in [0.1, 0.15) is 21.5 Å². The third-order valence-electron chi connectivity index (χ3n) is 2.11. The molecule has 0 bridgehead atoms. The molecule has 1 aromatic rings. The third kappa shape index (κ3) is 1.28. The van der Waals surface area contributed by atoms with E-state index in [0.717, 1.165) is 6.42 Å². The molecule has 1 aliphatic carbocycles. The first kappa shape index (κ1) is 7.53. The van der Waals surface area contributed by atoms with Gasteiger partial charge >= 0.3 is 0 Å². The molecule has 2 heteroatoms. The standard InChI is InChI=1S/C9H8FI/c10-7-3-1-6-2-4-9(11)8(6)5-7/h1,3,5,9H,2,4H2. The van der Waals surface area contributed by atoms with E-state index in [1.165, 1.54) is 17.5 Å². The Balaban J connectivity index is 2.52. The molecule has 0 N–H and O–H groups in total. The first-order valence-corrected chi connectivity index (χ1v) is 4.94. The maximum absolute atomic E-state index is 12.7. The Hall–Kier alpha value is -0.120. The van der Waals surface area contributed by atoms with E-state index in [1.54, 1.807) is 12.1 Å². The molecule has 0 saturated carbocycles. The van der Waals surface area contributed by atoms with Gasteiger partial charge in [0.25, 0.3) is 0 Å². The molecule has 0 heterocycles. The van der Waals surface area contributed by atoms with Crippen LogP contribution >= 0.6 is 22.6 Å². The summed E-state index contributed by atoms with van der Waals surface area (Å²) >= 11 is 2.37. The molecule has 2 rings (SSSR count). The van der Waals surface area contributed by atoms with Crippen LogP contribution in [0.3, 0.4) is 0 Å². The lowest BCUT2D eigenvalue weighted by atomic mass is 10.1. The molecule has 1 aliphatic rings. The van der Waals surface area contributed by atoms with Gasteiger partial charge in [-0.1, -0.05) is 28.7 Å². The van der Waals surface area contributed by atoms with Gasteiger partial charge in [0.15, 0.2) is 0 Å². The summed E-state index contributed by atoms with van der Waals surface area (Å²) in [5, 5.41) is 0. The van der Waals surface area contributed by atoms with Crippen molar-refractivity contribution in [3.05, 3.63) is 35.1 Å². The maximum atomic E-state index is 12.7. The number of rotatable bonds is 0. The number of hydrogen-bond acceptors (Lipinski definition) is 0. The second kappa shape index (κ2) is 2.73. The SMILES string of the molecule is Fc1ccc2c(c1)C(I)CC2. The van der Waals surface area contributed by atoms with Crippen molar-refractivity contribution in [3.63, 3.8) is 0 Å². The predicted molar refractivity (Wildman–Crippen MR) is 51.5 cm³/mol. The van der Waals surface area contributed by atoms with Crippen LogP contribution in [0.25, 0.3) is 0 Å². The van der Waals surface area contributed by atoms with Crippen LogP contribution in [0.15, 0.2) is 18.2 Å². The molecule has 0 aliphatic heterocycles. The van der Waals surface area contributed by atoms with Crippen LogP contribution in [0.2, 0.25) is 0 Å². The summed E-state index contributed by atoms with van der Waals surface area (Å²) in [6, 6.07) is 5.12. The van der Waals surface area contributed by atoms with Crippen molar-refractivity contribution in [1.82, 2.24) is 0 Å². The van der Waals surface area contributed by atoms with Gasteiger partial charge in [-0.2, -0.15) is 0 Å². The molecular weight excluding hydrogens is 254 g/mol. The summed E-state index contributed by atoms with van der Waals surface area (Å²) in [7, 11) is 0. The van der Waals surface area contributed by atoms with Crippen molar-refractivity contribution in [2.24, 2.45) is 0 Å². The Labute approximate surface area is 78.9 Å². The smallest absolute Gasteiger partial charge is 0.123 e. The molecule has 0 spiro atoms. The zero-order valence-electron chi connectivity index (χ0n) is 5.98. The minimum atomic E-state index is -0.104. The van der Waals surface area contributed by atoms with Crippen molar-refractivity contribution in [2.75, 3.05) is 0 Å². The van der Waals surface area contributed by atoms with Crippen molar-refractivity contribution < 1.29 is 4.39 Å². The number of alkyl halides is 1. The van der Waals surface area contributed by atoms with Gasteiger partial charge in [-0.3, -0.25) is 0 Å². The Bertz CT molecular complexity index is 283. The van der Waals surface area contributed by atoms with Crippen LogP contribution in [-0.4, -0.2) is 0 Å². The average molecular weight is 262 g/mol. The van der Waals surface area contributed by atoms with E-state index in [-0.39, 0.29) is 5.82 Å². The van der Waals surface area contributed by atoms with Crippen LogP contribution < -0.4 is 0 Å². The first-order chi connectivity index (χ1) is 5.27. The quantitative estimate of drug-likeness (QED) is 0.497. The fraction of sp³-hybridized carbons (Fsp3) is 0.333. The lowest BCUT2D eigenvalue weighted by molar-refractivity contribution is 0.626. The van der Waals surface area contributed by atoms with Crippen LogP contribution in [0, 0.1) is 5.82 Å². The fourth-order valence-electron chi connectivity index (χ4n) is 1.52. The largest absolute Gasteiger partial charge is 0.207 e. The Kier molecular flexibility index (Phi) is 1.87. The molecule has 0 radical (unpaired) electrons. The van der Waals surface area contributed by atoms with Crippen LogP contribution in [0.5, 0.6) is 0 Å². The van der Waals surface area contributed by atoms with E-state index < -0.39 is 0 Å². The number of benzene rings is 1. The highest BCUT2D eigenvalue weighted by Crippen LogP contribution is 2.37. The molecule has 1 aromatic carbocycles. The van der Waals surface area contributed by atoms with Crippen molar-refractivity contribution >= 4 is 22.6 Å². The molecule has 1 atom stereocenters. The summed E-state index contributed by atoms with van der Waals surface area (Å²) in [5.41, 5.74) is 2.52. The van der Waals surface area contributed by atoms with Gasteiger partial charge < -0.3 is 0 Å². The second-order valence-corrected chi connectivity index (χ2v) is 4.35. The summed E-state index contributed by atoms with van der Waals surface area (Å²) in [5.74, 6) is -0.104. The van der Waals surface area contributed by atoms with Gasteiger partial charge in [0.05, 0.1) is 0 Å². The van der Waals surface area contributed by atoms with Crippen molar-refractivity contribution in [3.8, 4) is 0 Å². The molecule has 11 heavy (non-hydrogen) atoms. The Morgan fingerprint density at radius 3 is 3.09 bits per heavy atom. The summed E-state index contributed by atoms with van der Waals surface area (Å²) in [6.07, 6.45) is 2.28. The average Bonchev–Trinajstić information content (AvgIpc) is 2.33. The second-order valence-electron chi connectivity index (χ2n) is 2.85. The number of aryl methyl sites for hydroxylation is 1. The molecule has 0 nitrogen and oxygen atoms in total. The molecule has 0 fully saturated rings. The zero-order valence-corrected chi connectivity index (χ0v) is 8.14. The van der Waals surface area contributed by atoms with E-state index in [0.29, 0.717) is 3.92 Å². The minimum Gasteiger partial charge on any atom is -0.207 e. The van der Waals surface area contributed by atoms with Crippen molar-refractivity contribution in [1.29, 1.82) is 0 Å². The molecule has 0 amide bonds. The minimum absolute atomic E-state index is 0.104. The summed E-state index contributed by atoms with van der Waals surface area (Å²) in [4.78, 5) is 0. The van der Waals surface area contributed by atoms with Crippen LogP contribution in [-0.2, 0) is 6.42 Å². The van der Waals surface area contributed by atoms with Gasteiger partial charge in [-0.15, -0.1) is 0 Å². The Morgan fingerprint density at radius 1 is 1.45 bits per heavy atom. The normalized spacial score (nSPS) is 21.8. The van der Waals surface area contributed by atoms with E-state index in [2.05, 4.69) is 22.6 Å². The first-order valence-electron chi connectivity index (χ1n) is 3.70. The van der Waals surface area contributed by atoms with E-state index in [4.69, 9.17) is 0 Å². The van der Waals surface area contributed by atoms with E-state index >= 15 is 0 Å². The lowest BCUT2D eigenvalue weighted by Gasteiger charge is -2.01. The van der Waals surface area contributed by atoms with Gasteiger partial charge in [-0.05, 0) is 36.1 Å². The topological polar surface area (TPSA) is 0 Å². The Morgan fingerprint density at radius 2 is 2.27 bits per heavy atom. The highest BCUT2D eigenvalue weighted by Gasteiger charge is 2.19. The summed E-state index contributed by atoms with van der Waals surface area (Å²) in [6.45, 7) is 0. The van der Waals surface area contributed by atoms with E-state index in [9.17, 15) is 4.39 Å². The molecule has 0 aromatic heterocycles. The molecule has 1 unspecified atom stereocenters. The van der Waals surface area contributed by atoms with E-state index in [1.807, 2.05) is 6.07 Å². The lowest BCUT2D eigenvalue weighted by Crippen LogP contribution is -1.84. The predicted octanol–water partition coefficient (Wildman–Crippen LogP) is 3.25.